The van der Waals surface area contributed by atoms with E-state index < -0.39 is 25.7 Å². The van der Waals surface area contributed by atoms with Crippen LogP contribution in [0.3, 0.4) is 0 Å². The molecular weight excluding hydrogens is 228 g/mol. The van der Waals surface area contributed by atoms with Crippen molar-refractivity contribution >= 4 is 25.3 Å². The van der Waals surface area contributed by atoms with Gasteiger partial charge in [0.1, 0.15) is 5.25 Å². The van der Waals surface area contributed by atoms with E-state index in [4.69, 9.17) is 4.55 Å². The van der Waals surface area contributed by atoms with Gasteiger partial charge in [0, 0.05) is 0 Å². The second-order valence-corrected chi connectivity index (χ2v) is 5.30. The van der Waals surface area contributed by atoms with Gasteiger partial charge in [-0.15, -0.1) is 0 Å². The quantitative estimate of drug-likeness (QED) is 0.503. The van der Waals surface area contributed by atoms with Crippen LogP contribution in [-0.2, 0) is 20.4 Å². The summed E-state index contributed by atoms with van der Waals surface area (Å²) in [5.74, 6) is 0. The Morgan fingerprint density at radius 2 is 2.00 bits per heavy atom. The number of hydrogen-bond donors (Lipinski definition) is 1. The number of rotatable bonds is 1. The van der Waals surface area contributed by atoms with Crippen LogP contribution in [0.15, 0.2) is 23.8 Å². The van der Waals surface area contributed by atoms with Crippen molar-refractivity contribution in [2.75, 3.05) is 0 Å². The van der Waals surface area contributed by atoms with E-state index in [1.54, 1.807) is 6.92 Å². The van der Waals surface area contributed by atoms with Crippen molar-refractivity contribution in [3.8, 4) is 0 Å². The minimum Gasteiger partial charge on any atom is -0.285 e. The molecule has 1 unspecified atom stereocenters. The van der Waals surface area contributed by atoms with Crippen LogP contribution in [0.5, 0.6) is 0 Å². The number of allylic oxidation sites excluding steroid dienone is 3. The molecule has 0 spiro atoms. The van der Waals surface area contributed by atoms with Gasteiger partial charge in [-0.25, -0.2) is 0 Å². The first kappa shape index (κ1) is 11.2. The molecule has 1 rings (SSSR count). The van der Waals surface area contributed by atoms with E-state index in [0.717, 1.165) is 6.08 Å². The highest BCUT2D eigenvalue weighted by Crippen LogP contribution is 2.13. The van der Waals surface area contributed by atoms with Crippen LogP contribution in [-0.4, -0.2) is 31.5 Å². The highest BCUT2D eigenvalue weighted by Gasteiger charge is 2.27. The van der Waals surface area contributed by atoms with Crippen LogP contribution in [0.1, 0.15) is 6.92 Å². The molecule has 1 N–H and O–H groups in total. The van der Waals surface area contributed by atoms with Crippen LogP contribution < -0.4 is 0 Å². The van der Waals surface area contributed by atoms with Gasteiger partial charge in [-0.2, -0.15) is 16.8 Å². The molecule has 5 nitrogen and oxygen atoms in total. The van der Waals surface area contributed by atoms with E-state index in [1.807, 2.05) is 0 Å². The normalized spacial score (nSPS) is 22.0. The molecule has 0 aromatic heterocycles. The van der Waals surface area contributed by atoms with Gasteiger partial charge in [-0.05, 0) is 13.0 Å². The molecule has 0 aromatic rings. The van der Waals surface area contributed by atoms with Gasteiger partial charge in [-0.3, -0.25) is 4.55 Å². The first-order valence-corrected chi connectivity index (χ1v) is 6.19. The van der Waals surface area contributed by atoms with Crippen LogP contribution in [0.25, 0.3) is 0 Å². The monoisotopic (exact) mass is 236 g/mol. The zero-order chi connectivity index (χ0) is 10.9. The van der Waals surface area contributed by atoms with E-state index in [1.165, 1.54) is 12.2 Å². The molecule has 0 fully saturated rings. The zero-order valence-corrected chi connectivity index (χ0v) is 8.84. The second-order valence-electron chi connectivity index (χ2n) is 2.82. The van der Waals surface area contributed by atoms with Crippen molar-refractivity contribution < 1.29 is 21.4 Å². The third-order valence-corrected chi connectivity index (χ3v) is 3.66. The molecule has 0 saturated carbocycles. The molecular formula is C7H8O5S2. The molecule has 78 valence electrons. The average molecular weight is 236 g/mol. The predicted octanol–water partition coefficient (Wildman–Crippen LogP) is -0.190. The lowest BCUT2D eigenvalue weighted by molar-refractivity contribution is 0.482. The lowest BCUT2D eigenvalue weighted by Crippen LogP contribution is -2.29. The lowest BCUT2D eigenvalue weighted by Gasteiger charge is -2.11. The molecule has 7 heteroatoms. The van der Waals surface area contributed by atoms with Gasteiger partial charge < -0.3 is 0 Å². The lowest BCUT2D eigenvalue weighted by atomic mass is 10.1. The van der Waals surface area contributed by atoms with E-state index in [2.05, 4.69) is 0 Å². The van der Waals surface area contributed by atoms with E-state index in [0.29, 0.717) is 5.57 Å². The first-order chi connectivity index (χ1) is 6.32. The van der Waals surface area contributed by atoms with Gasteiger partial charge in [-0.1, -0.05) is 17.7 Å². The molecule has 0 radical (unpaired) electrons. The minimum absolute atomic E-state index is 0.340. The Labute approximate surface area is 83.0 Å². The summed E-state index contributed by atoms with van der Waals surface area (Å²) >= 11 is 0. The van der Waals surface area contributed by atoms with Crippen molar-refractivity contribution in [3.63, 3.8) is 0 Å². The Bertz CT molecular complexity index is 525. The summed E-state index contributed by atoms with van der Waals surface area (Å²) in [6.45, 7) is 1.63. The highest BCUT2D eigenvalue weighted by atomic mass is 32.2. The molecule has 0 amide bonds. The fourth-order valence-electron chi connectivity index (χ4n) is 1.08. The second kappa shape index (κ2) is 3.68. The average Bonchev–Trinajstić information content (AvgIpc) is 2.01. The summed E-state index contributed by atoms with van der Waals surface area (Å²) < 4.78 is 51.7. The molecule has 1 atom stereocenters. The minimum atomic E-state index is -4.40. The standard InChI is InChI=1S/C7H8O5S2/c1-5-2-3-7(14(10,11)12)6(4-5)13(8)9/h2-4,7H,1H3,(H,10,11,12). The maximum absolute atomic E-state index is 10.8. The van der Waals surface area contributed by atoms with Crippen molar-refractivity contribution in [2.24, 2.45) is 0 Å². The Morgan fingerprint density at radius 3 is 2.43 bits per heavy atom. The zero-order valence-electron chi connectivity index (χ0n) is 7.21. The van der Waals surface area contributed by atoms with Gasteiger partial charge >= 0.3 is 0 Å². The van der Waals surface area contributed by atoms with Crippen molar-refractivity contribution in [1.82, 2.24) is 0 Å². The van der Waals surface area contributed by atoms with Crippen LogP contribution >= 0.6 is 0 Å². The molecule has 0 aromatic carbocycles. The molecule has 0 saturated heterocycles. The molecule has 0 heterocycles. The Balaban J connectivity index is 3.41. The topological polar surface area (TPSA) is 88.5 Å². The Hall–Kier alpha value is -0.920. The summed E-state index contributed by atoms with van der Waals surface area (Å²) in [5, 5.41) is -1.48. The van der Waals surface area contributed by atoms with Gasteiger partial charge in [0.05, 0.1) is 4.86 Å². The Kier molecular flexibility index (Phi) is 2.93. The van der Waals surface area contributed by atoms with E-state index in [-0.39, 0.29) is 4.86 Å². The third kappa shape index (κ3) is 2.31. The molecule has 14 heavy (non-hydrogen) atoms. The molecule has 0 aliphatic heterocycles. The predicted molar refractivity (Wildman–Crippen MR) is 52.2 cm³/mol. The van der Waals surface area contributed by atoms with Crippen LogP contribution in [0, 0.1) is 0 Å². The molecule has 1 aliphatic rings. The van der Waals surface area contributed by atoms with Gasteiger partial charge in [0.25, 0.3) is 10.1 Å². The number of hydrogen-bond acceptors (Lipinski definition) is 4. The van der Waals surface area contributed by atoms with Crippen molar-refractivity contribution in [1.29, 1.82) is 0 Å². The van der Waals surface area contributed by atoms with Crippen LogP contribution in [0.2, 0.25) is 0 Å². The first-order valence-electron chi connectivity index (χ1n) is 3.61. The summed E-state index contributed by atoms with van der Waals surface area (Å²) in [6.07, 6.45) is 3.78. The van der Waals surface area contributed by atoms with Crippen LogP contribution in [0.4, 0.5) is 0 Å². The SMILES string of the molecule is CC1=CC(=S(=O)=O)C(S(=O)(=O)O)C=C1. The van der Waals surface area contributed by atoms with E-state index >= 15 is 0 Å². The van der Waals surface area contributed by atoms with Crippen molar-refractivity contribution in [2.45, 2.75) is 12.2 Å². The maximum atomic E-state index is 10.8. The summed E-state index contributed by atoms with van der Waals surface area (Å²) in [4.78, 5) is -0.340. The maximum Gasteiger partial charge on any atom is 0.276 e. The van der Waals surface area contributed by atoms with Gasteiger partial charge in [0.2, 0.25) is 10.3 Å². The van der Waals surface area contributed by atoms with Gasteiger partial charge in [0.15, 0.2) is 0 Å². The largest absolute Gasteiger partial charge is 0.285 e. The summed E-state index contributed by atoms with van der Waals surface area (Å²) in [7, 11) is -7.05. The van der Waals surface area contributed by atoms with E-state index in [9.17, 15) is 16.8 Å². The van der Waals surface area contributed by atoms with Crippen molar-refractivity contribution in [3.05, 3.63) is 23.8 Å². The fourth-order valence-corrected chi connectivity index (χ4v) is 2.87. The Morgan fingerprint density at radius 1 is 1.43 bits per heavy atom. The third-order valence-electron chi connectivity index (χ3n) is 1.70. The molecule has 1 aliphatic carbocycles. The fraction of sp³-hybridized carbons (Fsp3) is 0.286. The smallest absolute Gasteiger partial charge is 0.276 e. The highest BCUT2D eigenvalue weighted by molar-refractivity contribution is 7.89. The summed E-state index contributed by atoms with van der Waals surface area (Å²) in [6, 6.07) is 0. The summed E-state index contributed by atoms with van der Waals surface area (Å²) in [5.41, 5.74) is 0.615. The molecule has 0 bridgehead atoms.